The van der Waals surface area contributed by atoms with E-state index in [0.29, 0.717) is 5.56 Å². The Bertz CT molecular complexity index is 603. The SMILES string of the molecule is Cc1ccc(C(=O)NC2CCN(CC3(O)CCCCC3)CC2)c(O)c1. The van der Waals surface area contributed by atoms with E-state index < -0.39 is 5.60 Å². The van der Waals surface area contributed by atoms with E-state index in [0.717, 1.165) is 63.7 Å². The van der Waals surface area contributed by atoms with Crippen molar-refractivity contribution in [2.24, 2.45) is 0 Å². The zero-order valence-electron chi connectivity index (χ0n) is 15.1. The van der Waals surface area contributed by atoms with Crippen LogP contribution in [0.2, 0.25) is 0 Å². The molecule has 0 aromatic heterocycles. The van der Waals surface area contributed by atoms with Gasteiger partial charge < -0.3 is 20.4 Å². The van der Waals surface area contributed by atoms with E-state index in [1.807, 2.05) is 13.0 Å². The summed E-state index contributed by atoms with van der Waals surface area (Å²) in [6, 6.07) is 5.25. The number of nitrogens with zero attached hydrogens (tertiary/aromatic N) is 1. The molecule has 1 saturated heterocycles. The minimum absolute atomic E-state index is 0.0365. The summed E-state index contributed by atoms with van der Waals surface area (Å²) in [5.74, 6) is -0.170. The van der Waals surface area contributed by atoms with Crippen molar-refractivity contribution < 1.29 is 15.0 Å². The van der Waals surface area contributed by atoms with Crippen molar-refractivity contribution in [3.8, 4) is 5.75 Å². The highest BCUT2D eigenvalue weighted by molar-refractivity contribution is 5.97. The fourth-order valence-electron chi connectivity index (χ4n) is 4.12. The predicted octanol–water partition coefficient (Wildman–Crippen LogP) is 2.59. The number of β-amino-alcohol motifs (C(OH)–C–C–N with tert-alkyl or cyclic N) is 1. The molecule has 0 atom stereocenters. The molecule has 1 aromatic carbocycles. The highest BCUT2D eigenvalue weighted by atomic mass is 16.3. The maximum atomic E-state index is 12.4. The second-order valence-electron chi connectivity index (χ2n) is 7.83. The van der Waals surface area contributed by atoms with Gasteiger partial charge in [-0.15, -0.1) is 0 Å². The molecule has 1 aliphatic carbocycles. The largest absolute Gasteiger partial charge is 0.507 e. The van der Waals surface area contributed by atoms with Crippen molar-refractivity contribution in [2.45, 2.75) is 63.5 Å². The molecule has 0 unspecified atom stereocenters. The lowest BCUT2D eigenvalue weighted by molar-refractivity contribution is -0.0312. The number of hydrogen-bond acceptors (Lipinski definition) is 4. The topological polar surface area (TPSA) is 72.8 Å². The molecule has 2 fully saturated rings. The summed E-state index contributed by atoms with van der Waals surface area (Å²) in [5, 5.41) is 23.7. The first kappa shape index (κ1) is 18.2. The first-order valence-electron chi connectivity index (χ1n) is 9.50. The summed E-state index contributed by atoms with van der Waals surface area (Å²) in [6.45, 7) is 4.43. The maximum Gasteiger partial charge on any atom is 0.255 e. The average molecular weight is 346 g/mol. The average Bonchev–Trinajstić information content (AvgIpc) is 2.57. The number of carbonyl (C=O) groups is 1. The van der Waals surface area contributed by atoms with Crippen LogP contribution in [0.4, 0.5) is 0 Å². The van der Waals surface area contributed by atoms with E-state index in [-0.39, 0.29) is 17.7 Å². The van der Waals surface area contributed by atoms with E-state index in [4.69, 9.17) is 0 Å². The first-order chi connectivity index (χ1) is 12.0. The van der Waals surface area contributed by atoms with Gasteiger partial charge in [-0.2, -0.15) is 0 Å². The van der Waals surface area contributed by atoms with Gasteiger partial charge >= 0.3 is 0 Å². The van der Waals surface area contributed by atoms with Crippen LogP contribution in [0.25, 0.3) is 0 Å². The summed E-state index contributed by atoms with van der Waals surface area (Å²) in [6.07, 6.45) is 7.09. The number of carbonyl (C=O) groups excluding carboxylic acids is 1. The Kier molecular flexibility index (Phi) is 5.64. The normalized spacial score (nSPS) is 21.8. The third-order valence-corrected chi connectivity index (χ3v) is 5.62. The summed E-state index contributed by atoms with van der Waals surface area (Å²) in [4.78, 5) is 14.7. The Balaban J connectivity index is 1.48. The van der Waals surface area contributed by atoms with Crippen LogP contribution in [0.3, 0.4) is 0 Å². The third kappa shape index (κ3) is 4.73. The zero-order chi connectivity index (χ0) is 17.9. The quantitative estimate of drug-likeness (QED) is 0.783. The third-order valence-electron chi connectivity index (χ3n) is 5.62. The smallest absolute Gasteiger partial charge is 0.255 e. The van der Waals surface area contributed by atoms with Gasteiger partial charge in [0.15, 0.2) is 0 Å². The highest BCUT2D eigenvalue weighted by Gasteiger charge is 2.33. The minimum Gasteiger partial charge on any atom is -0.507 e. The van der Waals surface area contributed by atoms with Crippen molar-refractivity contribution in [2.75, 3.05) is 19.6 Å². The standard InChI is InChI=1S/C20H30N2O3/c1-15-5-6-17(18(23)13-15)19(24)21-16-7-11-22(12-8-16)14-20(25)9-3-2-4-10-20/h5-6,13,16,23,25H,2-4,7-12,14H2,1H3,(H,21,24). The van der Waals surface area contributed by atoms with E-state index in [1.165, 1.54) is 6.42 Å². The van der Waals surface area contributed by atoms with E-state index >= 15 is 0 Å². The van der Waals surface area contributed by atoms with Crippen LogP contribution in [0, 0.1) is 6.92 Å². The van der Waals surface area contributed by atoms with Crippen molar-refractivity contribution in [3.05, 3.63) is 29.3 Å². The number of likely N-dealkylation sites (tertiary alicyclic amines) is 1. The van der Waals surface area contributed by atoms with E-state index in [1.54, 1.807) is 12.1 Å². The Morgan fingerprint density at radius 3 is 2.56 bits per heavy atom. The zero-order valence-corrected chi connectivity index (χ0v) is 15.1. The number of phenols is 1. The fraction of sp³-hybridized carbons (Fsp3) is 0.650. The van der Waals surface area contributed by atoms with Crippen molar-refractivity contribution in [3.63, 3.8) is 0 Å². The molecule has 1 aliphatic heterocycles. The van der Waals surface area contributed by atoms with Gasteiger partial charge in [0, 0.05) is 25.7 Å². The lowest BCUT2D eigenvalue weighted by atomic mass is 9.84. The molecular formula is C20H30N2O3. The first-order valence-corrected chi connectivity index (χ1v) is 9.50. The molecule has 0 spiro atoms. The fourth-order valence-corrected chi connectivity index (χ4v) is 4.12. The van der Waals surface area contributed by atoms with Crippen molar-refractivity contribution >= 4 is 5.91 Å². The Hall–Kier alpha value is -1.59. The molecule has 3 rings (SSSR count). The lowest BCUT2D eigenvalue weighted by Crippen LogP contribution is -2.50. The molecule has 138 valence electrons. The van der Waals surface area contributed by atoms with Crippen LogP contribution >= 0.6 is 0 Å². The molecule has 0 bridgehead atoms. The number of aryl methyl sites for hydroxylation is 1. The molecule has 5 nitrogen and oxygen atoms in total. The monoisotopic (exact) mass is 346 g/mol. The number of piperidine rings is 1. The molecule has 3 N–H and O–H groups in total. The molecule has 1 heterocycles. The van der Waals surface area contributed by atoms with Gasteiger partial charge in [-0.3, -0.25) is 4.79 Å². The number of phenolic OH excluding ortho intramolecular Hbond substituents is 1. The van der Waals surface area contributed by atoms with Crippen molar-refractivity contribution in [1.82, 2.24) is 10.2 Å². The summed E-state index contributed by atoms with van der Waals surface area (Å²) < 4.78 is 0. The number of rotatable bonds is 4. The Labute approximate surface area is 150 Å². The predicted molar refractivity (Wildman–Crippen MR) is 97.8 cm³/mol. The number of hydrogen-bond donors (Lipinski definition) is 3. The Morgan fingerprint density at radius 1 is 1.24 bits per heavy atom. The highest BCUT2D eigenvalue weighted by Crippen LogP contribution is 2.29. The van der Waals surface area contributed by atoms with Crippen molar-refractivity contribution in [1.29, 1.82) is 0 Å². The van der Waals surface area contributed by atoms with Crippen LogP contribution in [-0.4, -0.2) is 52.3 Å². The van der Waals surface area contributed by atoms with Crippen LogP contribution in [0.1, 0.15) is 60.9 Å². The molecule has 0 radical (unpaired) electrons. The molecule has 2 aliphatic rings. The lowest BCUT2D eigenvalue weighted by Gasteiger charge is -2.40. The molecule has 1 amide bonds. The number of aliphatic hydroxyl groups is 1. The Morgan fingerprint density at radius 2 is 1.92 bits per heavy atom. The van der Waals surface area contributed by atoms with Gasteiger partial charge in [-0.25, -0.2) is 0 Å². The van der Waals surface area contributed by atoms with Gasteiger partial charge in [-0.05, 0) is 50.3 Å². The van der Waals surface area contributed by atoms with Crippen LogP contribution < -0.4 is 5.32 Å². The summed E-state index contributed by atoms with van der Waals surface area (Å²) in [7, 11) is 0. The van der Waals surface area contributed by atoms with Crippen LogP contribution in [0.15, 0.2) is 18.2 Å². The second-order valence-corrected chi connectivity index (χ2v) is 7.83. The molecular weight excluding hydrogens is 316 g/mol. The van der Waals surface area contributed by atoms with Gasteiger partial charge in [0.05, 0.1) is 11.2 Å². The number of benzene rings is 1. The minimum atomic E-state index is -0.512. The number of nitrogens with one attached hydrogen (secondary N) is 1. The number of aromatic hydroxyl groups is 1. The van der Waals surface area contributed by atoms with Gasteiger partial charge in [0.25, 0.3) is 5.91 Å². The summed E-state index contributed by atoms with van der Waals surface area (Å²) in [5.41, 5.74) is 0.759. The molecule has 1 saturated carbocycles. The summed E-state index contributed by atoms with van der Waals surface area (Å²) >= 11 is 0. The maximum absolute atomic E-state index is 12.4. The second kappa shape index (κ2) is 7.75. The molecule has 25 heavy (non-hydrogen) atoms. The van der Waals surface area contributed by atoms with Gasteiger partial charge in [0.1, 0.15) is 5.75 Å². The molecule has 1 aromatic rings. The number of amides is 1. The van der Waals surface area contributed by atoms with Gasteiger partial charge in [-0.1, -0.05) is 25.3 Å². The van der Waals surface area contributed by atoms with Crippen LogP contribution in [-0.2, 0) is 0 Å². The van der Waals surface area contributed by atoms with Gasteiger partial charge in [0.2, 0.25) is 0 Å². The molecule has 5 heteroatoms. The van der Waals surface area contributed by atoms with E-state index in [9.17, 15) is 15.0 Å². The van der Waals surface area contributed by atoms with E-state index in [2.05, 4.69) is 10.2 Å². The van der Waals surface area contributed by atoms with Crippen LogP contribution in [0.5, 0.6) is 5.75 Å².